The molecule has 0 aliphatic heterocycles. The van der Waals surface area contributed by atoms with E-state index in [0.717, 1.165) is 24.7 Å². The van der Waals surface area contributed by atoms with Gasteiger partial charge in [0.15, 0.2) is 10.1 Å². The van der Waals surface area contributed by atoms with Gasteiger partial charge in [-0.1, -0.05) is 51.2 Å². The van der Waals surface area contributed by atoms with Crippen LogP contribution in [0.1, 0.15) is 16.1 Å². The third-order valence-corrected chi connectivity index (χ3v) is 6.12. The van der Waals surface area contributed by atoms with E-state index in [2.05, 4.69) is 31.4 Å². The fraction of sp³-hybridized carbons (Fsp3) is 0.0556. The number of nitrogens with zero attached hydrogens (tertiary/aromatic N) is 2. The van der Waals surface area contributed by atoms with E-state index >= 15 is 0 Å². The first-order chi connectivity index (χ1) is 12.6. The van der Waals surface area contributed by atoms with Crippen molar-refractivity contribution in [2.24, 2.45) is 0 Å². The predicted octanol–water partition coefficient (Wildman–Crippen LogP) is 5.76. The van der Waals surface area contributed by atoms with Gasteiger partial charge in [-0.2, -0.15) is 0 Å². The van der Waals surface area contributed by atoms with Crippen molar-refractivity contribution in [2.45, 2.75) is 16.2 Å². The minimum absolute atomic E-state index is 0.278. The summed E-state index contributed by atoms with van der Waals surface area (Å²) in [6.45, 7) is 1.88. The highest BCUT2D eigenvalue weighted by Crippen LogP contribution is 2.35. The Bertz CT molecular complexity index is 1090. The largest absolute Gasteiger partial charge is 0.451 e. The SMILES string of the molecule is Cc1c(C(=O)Nc2ccccc2Sc2nncs2)oc2ccc(Br)cc12. The van der Waals surface area contributed by atoms with Crippen LogP contribution in [0.5, 0.6) is 0 Å². The van der Waals surface area contributed by atoms with Gasteiger partial charge < -0.3 is 9.73 Å². The van der Waals surface area contributed by atoms with Crippen molar-refractivity contribution in [3.63, 3.8) is 0 Å². The number of hydrogen-bond acceptors (Lipinski definition) is 6. The Labute approximate surface area is 166 Å². The molecule has 8 heteroatoms. The van der Waals surface area contributed by atoms with E-state index in [-0.39, 0.29) is 5.91 Å². The van der Waals surface area contributed by atoms with Gasteiger partial charge in [-0.05, 0) is 37.3 Å². The number of rotatable bonds is 4. The number of fused-ring (bicyclic) bond motifs is 1. The highest BCUT2D eigenvalue weighted by Gasteiger charge is 2.19. The lowest BCUT2D eigenvalue weighted by Crippen LogP contribution is -2.12. The number of furan rings is 1. The van der Waals surface area contributed by atoms with Crippen molar-refractivity contribution in [3.8, 4) is 0 Å². The molecule has 4 rings (SSSR count). The molecule has 0 aliphatic carbocycles. The maximum absolute atomic E-state index is 12.8. The lowest BCUT2D eigenvalue weighted by molar-refractivity contribution is 0.0997. The van der Waals surface area contributed by atoms with Gasteiger partial charge in [0.05, 0.1) is 5.69 Å². The summed E-state index contributed by atoms with van der Waals surface area (Å²) in [5.74, 6) is 0.0361. The van der Waals surface area contributed by atoms with Crippen molar-refractivity contribution < 1.29 is 9.21 Å². The maximum atomic E-state index is 12.8. The summed E-state index contributed by atoms with van der Waals surface area (Å²) < 4.78 is 7.53. The fourth-order valence-corrected chi connectivity index (χ4v) is 4.43. The van der Waals surface area contributed by atoms with Crippen LogP contribution in [0.15, 0.2) is 66.1 Å². The van der Waals surface area contributed by atoms with Gasteiger partial charge in [-0.25, -0.2) is 0 Å². The second-order valence-corrected chi connectivity index (χ2v) is 8.49. The molecule has 1 amide bonds. The standard InChI is InChI=1S/C18H12BrN3O2S2/c1-10-12-8-11(19)6-7-14(12)24-16(10)17(23)21-13-4-2-3-5-15(13)26-18-22-20-9-25-18/h2-9H,1H3,(H,21,23). The van der Waals surface area contributed by atoms with Crippen molar-refractivity contribution in [1.82, 2.24) is 10.2 Å². The zero-order valence-corrected chi connectivity index (χ0v) is 16.7. The molecule has 2 aromatic heterocycles. The number of carbonyl (C=O) groups is 1. The first-order valence-corrected chi connectivity index (χ1v) is 10.1. The van der Waals surface area contributed by atoms with Crippen LogP contribution >= 0.6 is 39.0 Å². The molecule has 0 unspecified atom stereocenters. The summed E-state index contributed by atoms with van der Waals surface area (Å²) in [4.78, 5) is 13.7. The zero-order chi connectivity index (χ0) is 18.1. The van der Waals surface area contributed by atoms with Crippen molar-refractivity contribution in [3.05, 3.63) is 63.8 Å². The number of carbonyl (C=O) groups excluding carboxylic acids is 1. The fourth-order valence-electron chi connectivity index (χ4n) is 2.55. The molecule has 0 spiro atoms. The van der Waals surface area contributed by atoms with Crippen LogP contribution in [0.25, 0.3) is 11.0 Å². The highest BCUT2D eigenvalue weighted by molar-refractivity contribution is 9.10. The smallest absolute Gasteiger partial charge is 0.291 e. The summed E-state index contributed by atoms with van der Waals surface area (Å²) in [5.41, 5.74) is 3.89. The number of benzene rings is 2. The first kappa shape index (κ1) is 17.3. The van der Waals surface area contributed by atoms with Gasteiger partial charge in [0, 0.05) is 20.3 Å². The van der Waals surface area contributed by atoms with Crippen LogP contribution in [-0.2, 0) is 0 Å². The molecule has 2 heterocycles. The first-order valence-electron chi connectivity index (χ1n) is 7.65. The predicted molar refractivity (Wildman–Crippen MR) is 107 cm³/mol. The molecule has 0 radical (unpaired) electrons. The minimum Gasteiger partial charge on any atom is -0.451 e. The summed E-state index contributed by atoms with van der Waals surface area (Å²) >= 11 is 6.37. The number of amides is 1. The number of aryl methyl sites for hydroxylation is 1. The number of nitrogens with one attached hydrogen (secondary N) is 1. The summed E-state index contributed by atoms with van der Waals surface area (Å²) in [7, 11) is 0. The monoisotopic (exact) mass is 445 g/mol. The molecule has 0 aliphatic rings. The van der Waals surface area contributed by atoms with E-state index in [0.29, 0.717) is 17.0 Å². The molecule has 0 atom stereocenters. The number of aromatic nitrogens is 2. The summed E-state index contributed by atoms with van der Waals surface area (Å²) in [6.07, 6.45) is 0. The number of halogens is 1. The molecular formula is C18H12BrN3O2S2. The highest BCUT2D eigenvalue weighted by atomic mass is 79.9. The molecule has 0 bridgehead atoms. The number of anilines is 1. The Kier molecular flexibility index (Phi) is 4.80. The normalized spacial score (nSPS) is 11.0. The topological polar surface area (TPSA) is 68.0 Å². The Morgan fingerprint density at radius 2 is 2.12 bits per heavy atom. The molecule has 5 nitrogen and oxygen atoms in total. The average Bonchev–Trinajstić information content (AvgIpc) is 3.25. The summed E-state index contributed by atoms with van der Waals surface area (Å²) in [6, 6.07) is 13.3. The number of para-hydroxylation sites is 1. The maximum Gasteiger partial charge on any atom is 0.291 e. The van der Waals surface area contributed by atoms with Crippen molar-refractivity contribution in [1.29, 1.82) is 0 Å². The second-order valence-electron chi connectivity index (χ2n) is 5.45. The Morgan fingerprint density at radius 3 is 2.92 bits per heavy atom. The van der Waals surface area contributed by atoms with Gasteiger partial charge in [-0.15, -0.1) is 10.2 Å². The van der Waals surface area contributed by atoms with E-state index in [4.69, 9.17) is 4.42 Å². The van der Waals surface area contributed by atoms with Gasteiger partial charge in [0.1, 0.15) is 11.1 Å². The van der Waals surface area contributed by atoms with Crippen LogP contribution in [0.4, 0.5) is 5.69 Å². The van der Waals surface area contributed by atoms with E-state index in [9.17, 15) is 4.79 Å². The lowest BCUT2D eigenvalue weighted by atomic mass is 10.1. The number of hydrogen-bond donors (Lipinski definition) is 1. The van der Waals surface area contributed by atoms with Crippen LogP contribution in [0.2, 0.25) is 0 Å². The van der Waals surface area contributed by atoms with Gasteiger partial charge >= 0.3 is 0 Å². The molecule has 4 aromatic rings. The molecule has 1 N–H and O–H groups in total. The third-order valence-electron chi connectivity index (χ3n) is 3.78. The van der Waals surface area contributed by atoms with E-state index < -0.39 is 0 Å². The Hall–Kier alpha value is -2.16. The molecule has 0 saturated carbocycles. The van der Waals surface area contributed by atoms with Crippen molar-refractivity contribution in [2.75, 3.05) is 5.32 Å². The van der Waals surface area contributed by atoms with Gasteiger partial charge in [0.25, 0.3) is 5.91 Å². The minimum atomic E-state index is -0.278. The van der Waals surface area contributed by atoms with Crippen LogP contribution in [0.3, 0.4) is 0 Å². The third kappa shape index (κ3) is 3.40. The molecule has 0 saturated heterocycles. The van der Waals surface area contributed by atoms with Gasteiger partial charge in [-0.3, -0.25) is 4.79 Å². The quantitative estimate of drug-likeness (QED) is 0.432. The Balaban J connectivity index is 1.64. The van der Waals surface area contributed by atoms with Crippen molar-refractivity contribution >= 4 is 61.6 Å². The molecular weight excluding hydrogens is 434 g/mol. The van der Waals surface area contributed by atoms with Gasteiger partial charge in [0.2, 0.25) is 0 Å². The second kappa shape index (κ2) is 7.22. The van der Waals surface area contributed by atoms with Crippen LogP contribution < -0.4 is 5.32 Å². The van der Waals surface area contributed by atoms with Crippen LogP contribution in [0, 0.1) is 6.92 Å². The molecule has 2 aromatic carbocycles. The van der Waals surface area contributed by atoms with E-state index in [1.165, 1.54) is 23.1 Å². The molecule has 130 valence electrons. The zero-order valence-electron chi connectivity index (χ0n) is 13.5. The molecule has 0 fully saturated rings. The summed E-state index contributed by atoms with van der Waals surface area (Å²) in [5, 5.41) is 11.7. The van der Waals surface area contributed by atoms with E-state index in [1.807, 2.05) is 49.4 Å². The molecule has 26 heavy (non-hydrogen) atoms. The Morgan fingerprint density at radius 1 is 1.27 bits per heavy atom. The lowest BCUT2D eigenvalue weighted by Gasteiger charge is -2.08. The average molecular weight is 446 g/mol. The van der Waals surface area contributed by atoms with Crippen LogP contribution in [-0.4, -0.2) is 16.1 Å². The van der Waals surface area contributed by atoms with E-state index in [1.54, 1.807) is 5.51 Å².